The van der Waals surface area contributed by atoms with Gasteiger partial charge in [0.15, 0.2) is 0 Å². The normalized spacial score (nSPS) is 20.3. The van der Waals surface area contributed by atoms with Crippen LogP contribution in [0.5, 0.6) is 0 Å². The van der Waals surface area contributed by atoms with Crippen molar-refractivity contribution in [2.24, 2.45) is 5.84 Å². The Balaban J connectivity index is 2.27. The third kappa shape index (κ3) is 6.33. The van der Waals surface area contributed by atoms with Crippen molar-refractivity contribution in [3.05, 3.63) is 0 Å². The van der Waals surface area contributed by atoms with Gasteiger partial charge >= 0.3 is 0 Å². The molecule has 1 amide bonds. The molecule has 19 heavy (non-hydrogen) atoms. The third-order valence-electron chi connectivity index (χ3n) is 3.59. The van der Waals surface area contributed by atoms with Gasteiger partial charge in [0.05, 0.1) is 5.60 Å². The summed E-state index contributed by atoms with van der Waals surface area (Å²) in [5.74, 6) is 4.97. The molecule has 0 aromatic carbocycles. The van der Waals surface area contributed by atoms with Crippen LogP contribution in [0.4, 0.5) is 0 Å². The average Bonchev–Trinajstić information content (AvgIpc) is 2.34. The summed E-state index contributed by atoms with van der Waals surface area (Å²) in [5.41, 5.74) is 1.53. The Bertz CT molecular complexity index is 283. The van der Waals surface area contributed by atoms with Crippen molar-refractivity contribution in [2.75, 3.05) is 32.7 Å². The summed E-state index contributed by atoms with van der Waals surface area (Å²) in [4.78, 5) is 15.8. The smallest absolute Gasteiger partial charge is 0.233 e. The zero-order valence-corrected chi connectivity index (χ0v) is 12.4. The van der Waals surface area contributed by atoms with Gasteiger partial charge in [-0.15, -0.1) is 0 Å². The lowest BCUT2D eigenvalue weighted by atomic mass is 10.1. The van der Waals surface area contributed by atoms with Gasteiger partial charge in [0.25, 0.3) is 0 Å². The van der Waals surface area contributed by atoms with E-state index in [1.54, 1.807) is 0 Å². The van der Waals surface area contributed by atoms with Crippen LogP contribution in [0.3, 0.4) is 0 Å². The Morgan fingerprint density at radius 3 is 2.42 bits per heavy atom. The zero-order chi connectivity index (χ0) is 14.5. The maximum atomic E-state index is 11.1. The van der Waals surface area contributed by atoms with E-state index in [9.17, 15) is 9.90 Å². The third-order valence-corrected chi connectivity index (χ3v) is 3.59. The molecule has 6 nitrogen and oxygen atoms in total. The number of nitrogens with zero attached hydrogens (tertiary/aromatic N) is 2. The Hall–Kier alpha value is -0.690. The molecule has 0 bridgehead atoms. The first-order chi connectivity index (χ1) is 8.81. The van der Waals surface area contributed by atoms with Crippen LogP contribution in [0, 0.1) is 0 Å². The van der Waals surface area contributed by atoms with E-state index in [1.165, 1.54) is 0 Å². The van der Waals surface area contributed by atoms with E-state index in [1.807, 2.05) is 13.8 Å². The van der Waals surface area contributed by atoms with Crippen molar-refractivity contribution in [1.82, 2.24) is 15.2 Å². The fraction of sp³-hybridized carbons (Fsp3) is 0.923. The van der Waals surface area contributed by atoms with Gasteiger partial charge in [0.1, 0.15) is 0 Å². The minimum absolute atomic E-state index is 0.104. The number of rotatable bonds is 6. The highest BCUT2D eigenvalue weighted by Crippen LogP contribution is 2.13. The standard InChI is InChI=1S/C13H28N4O2/c1-11(4-5-12(18)15-14)17-8-6-16(7-9-17)10-13(2,3)19/h11,19H,4-10,14H2,1-3H3,(H,15,18). The Labute approximate surface area is 115 Å². The van der Waals surface area contributed by atoms with Crippen LogP contribution >= 0.6 is 0 Å². The van der Waals surface area contributed by atoms with E-state index in [4.69, 9.17) is 5.84 Å². The van der Waals surface area contributed by atoms with Crippen molar-refractivity contribution >= 4 is 5.91 Å². The molecule has 1 aliphatic rings. The highest BCUT2D eigenvalue weighted by molar-refractivity contribution is 5.75. The first kappa shape index (κ1) is 16.4. The second-order valence-corrected chi connectivity index (χ2v) is 6.08. The first-order valence-corrected chi connectivity index (χ1v) is 7.00. The molecular formula is C13H28N4O2. The molecule has 112 valence electrons. The fourth-order valence-corrected chi connectivity index (χ4v) is 2.50. The number of β-amino-alcohol motifs (C(OH)–C–C–N with tert-alkyl or cyclic N) is 1. The number of aliphatic hydroxyl groups is 1. The number of carbonyl (C=O) groups excluding carboxylic acids is 1. The zero-order valence-electron chi connectivity index (χ0n) is 12.4. The second kappa shape index (κ2) is 7.19. The Morgan fingerprint density at radius 2 is 1.95 bits per heavy atom. The van der Waals surface area contributed by atoms with Gasteiger partial charge in [-0.2, -0.15) is 0 Å². The molecule has 0 saturated carbocycles. The van der Waals surface area contributed by atoms with Crippen LogP contribution in [0.2, 0.25) is 0 Å². The second-order valence-electron chi connectivity index (χ2n) is 6.08. The van der Waals surface area contributed by atoms with Crippen molar-refractivity contribution in [3.8, 4) is 0 Å². The SMILES string of the molecule is CC(CCC(=O)NN)N1CCN(CC(C)(C)O)CC1. The molecule has 0 spiro atoms. The van der Waals surface area contributed by atoms with Gasteiger partial charge in [-0.3, -0.25) is 20.0 Å². The van der Waals surface area contributed by atoms with Crippen molar-refractivity contribution in [1.29, 1.82) is 0 Å². The lowest BCUT2D eigenvalue weighted by molar-refractivity contribution is -0.121. The number of piperazine rings is 1. The minimum atomic E-state index is -0.632. The lowest BCUT2D eigenvalue weighted by Gasteiger charge is -2.39. The topological polar surface area (TPSA) is 81.8 Å². The minimum Gasteiger partial charge on any atom is -0.389 e. The lowest BCUT2D eigenvalue weighted by Crippen LogP contribution is -2.52. The van der Waals surface area contributed by atoms with Crippen LogP contribution < -0.4 is 11.3 Å². The monoisotopic (exact) mass is 272 g/mol. The maximum absolute atomic E-state index is 11.1. The number of nitrogens with one attached hydrogen (secondary N) is 1. The number of hydrogen-bond acceptors (Lipinski definition) is 5. The Morgan fingerprint density at radius 1 is 1.37 bits per heavy atom. The summed E-state index contributed by atoms with van der Waals surface area (Å²) >= 11 is 0. The summed E-state index contributed by atoms with van der Waals surface area (Å²) in [5, 5.41) is 9.81. The van der Waals surface area contributed by atoms with E-state index in [-0.39, 0.29) is 5.91 Å². The van der Waals surface area contributed by atoms with E-state index in [2.05, 4.69) is 22.1 Å². The fourth-order valence-electron chi connectivity index (χ4n) is 2.50. The molecule has 0 radical (unpaired) electrons. The molecule has 1 fully saturated rings. The molecule has 0 aliphatic carbocycles. The van der Waals surface area contributed by atoms with E-state index in [0.29, 0.717) is 19.0 Å². The highest BCUT2D eigenvalue weighted by Gasteiger charge is 2.24. The van der Waals surface area contributed by atoms with Gasteiger partial charge in [-0.25, -0.2) is 5.84 Å². The molecule has 1 atom stereocenters. The summed E-state index contributed by atoms with van der Waals surface area (Å²) in [6, 6.07) is 0.390. The van der Waals surface area contributed by atoms with Gasteiger partial charge in [0.2, 0.25) is 5.91 Å². The molecule has 6 heteroatoms. The summed E-state index contributed by atoms with van der Waals surface area (Å²) in [6.07, 6.45) is 1.30. The molecular weight excluding hydrogens is 244 g/mol. The number of nitrogens with two attached hydrogens (primary N) is 1. The molecule has 1 heterocycles. The molecule has 1 saturated heterocycles. The summed E-state index contributed by atoms with van der Waals surface area (Å²) < 4.78 is 0. The van der Waals surface area contributed by atoms with Gasteiger partial charge in [-0.05, 0) is 27.2 Å². The molecule has 0 aromatic heterocycles. The van der Waals surface area contributed by atoms with E-state index in [0.717, 1.165) is 32.6 Å². The van der Waals surface area contributed by atoms with Gasteiger partial charge < -0.3 is 5.11 Å². The van der Waals surface area contributed by atoms with Gasteiger partial charge in [-0.1, -0.05) is 0 Å². The summed E-state index contributed by atoms with van der Waals surface area (Å²) in [6.45, 7) is 10.5. The number of hydrazine groups is 1. The largest absolute Gasteiger partial charge is 0.389 e. The van der Waals surface area contributed by atoms with Crippen molar-refractivity contribution in [2.45, 2.75) is 45.3 Å². The molecule has 1 aliphatic heterocycles. The molecule has 1 rings (SSSR count). The number of amides is 1. The number of carbonyl (C=O) groups is 1. The van der Waals surface area contributed by atoms with Crippen LogP contribution in [0.1, 0.15) is 33.6 Å². The molecule has 1 unspecified atom stereocenters. The van der Waals surface area contributed by atoms with E-state index < -0.39 is 5.60 Å². The quantitative estimate of drug-likeness (QED) is 0.346. The predicted octanol–water partition coefficient (Wildman–Crippen LogP) is -0.466. The maximum Gasteiger partial charge on any atom is 0.233 e. The van der Waals surface area contributed by atoms with Crippen molar-refractivity contribution < 1.29 is 9.90 Å². The number of hydrogen-bond donors (Lipinski definition) is 3. The van der Waals surface area contributed by atoms with Crippen LogP contribution in [0.25, 0.3) is 0 Å². The van der Waals surface area contributed by atoms with Crippen LogP contribution in [0.15, 0.2) is 0 Å². The first-order valence-electron chi connectivity index (χ1n) is 7.00. The summed E-state index contributed by atoms with van der Waals surface area (Å²) in [7, 11) is 0. The highest BCUT2D eigenvalue weighted by atomic mass is 16.3. The van der Waals surface area contributed by atoms with Gasteiger partial charge in [0, 0.05) is 45.2 Å². The molecule has 4 N–H and O–H groups in total. The van der Waals surface area contributed by atoms with Crippen LogP contribution in [-0.4, -0.2) is 65.2 Å². The molecule has 0 aromatic rings. The van der Waals surface area contributed by atoms with Crippen LogP contribution in [-0.2, 0) is 4.79 Å². The van der Waals surface area contributed by atoms with E-state index >= 15 is 0 Å². The Kier molecular flexibility index (Phi) is 6.19. The average molecular weight is 272 g/mol. The predicted molar refractivity (Wildman–Crippen MR) is 75.3 cm³/mol. The van der Waals surface area contributed by atoms with Crippen molar-refractivity contribution in [3.63, 3.8) is 0 Å².